The Morgan fingerprint density at radius 1 is 1.48 bits per heavy atom. The van der Waals surface area contributed by atoms with E-state index in [1.807, 2.05) is 24.0 Å². The molecule has 0 spiro atoms. The molecule has 2 aromatic heterocycles. The number of carbonyl (C=O) groups excluding carboxylic acids is 2. The molecular weight excluding hydrogens is 296 g/mol. The summed E-state index contributed by atoms with van der Waals surface area (Å²) in [5, 5.41) is 4.35. The lowest BCUT2D eigenvalue weighted by molar-refractivity contribution is -0.117. The largest absolute Gasteiger partial charge is 0.468 e. The molecule has 0 bridgehead atoms. The van der Waals surface area contributed by atoms with Crippen LogP contribution < -0.4 is 5.73 Å². The van der Waals surface area contributed by atoms with E-state index in [0.717, 1.165) is 18.4 Å². The number of hydrogen-bond acceptors (Lipinski definition) is 4. The molecule has 122 valence electrons. The van der Waals surface area contributed by atoms with Gasteiger partial charge in [0, 0.05) is 19.3 Å². The van der Waals surface area contributed by atoms with Crippen LogP contribution in [0.5, 0.6) is 0 Å². The van der Waals surface area contributed by atoms with Crippen molar-refractivity contribution >= 4 is 11.8 Å². The first kappa shape index (κ1) is 15.3. The van der Waals surface area contributed by atoms with Gasteiger partial charge in [-0.3, -0.25) is 14.3 Å². The van der Waals surface area contributed by atoms with Gasteiger partial charge in [0.25, 0.3) is 5.91 Å². The van der Waals surface area contributed by atoms with E-state index in [1.165, 1.54) is 6.26 Å². The second kappa shape index (κ2) is 6.28. The van der Waals surface area contributed by atoms with Crippen molar-refractivity contribution in [3.05, 3.63) is 41.6 Å². The van der Waals surface area contributed by atoms with Crippen molar-refractivity contribution in [2.75, 3.05) is 13.1 Å². The Kier molecular flexibility index (Phi) is 4.18. The van der Waals surface area contributed by atoms with Crippen LogP contribution in [0.3, 0.4) is 0 Å². The van der Waals surface area contributed by atoms with E-state index in [4.69, 9.17) is 10.2 Å². The summed E-state index contributed by atoms with van der Waals surface area (Å²) < 4.78 is 7.16. The van der Waals surface area contributed by atoms with Crippen molar-refractivity contribution in [3.63, 3.8) is 0 Å². The van der Waals surface area contributed by atoms with Crippen LogP contribution in [-0.2, 0) is 11.2 Å². The Bertz CT molecular complexity index is 718. The van der Waals surface area contributed by atoms with Crippen molar-refractivity contribution < 1.29 is 14.0 Å². The lowest BCUT2D eigenvalue weighted by Gasteiger charge is -2.32. The summed E-state index contributed by atoms with van der Waals surface area (Å²) >= 11 is 0. The fourth-order valence-electron chi connectivity index (χ4n) is 2.98. The lowest BCUT2D eigenvalue weighted by atomic mass is 10.0. The molecule has 0 saturated carbocycles. The van der Waals surface area contributed by atoms with Crippen LogP contribution >= 0.6 is 0 Å². The molecule has 0 radical (unpaired) electrons. The number of primary amides is 1. The van der Waals surface area contributed by atoms with Crippen LogP contribution in [0, 0.1) is 6.92 Å². The van der Waals surface area contributed by atoms with Gasteiger partial charge in [-0.15, -0.1) is 0 Å². The molecule has 1 saturated heterocycles. The van der Waals surface area contributed by atoms with Crippen molar-refractivity contribution in [3.8, 4) is 0 Å². The molecule has 1 aliphatic heterocycles. The smallest absolute Gasteiger partial charge is 0.257 e. The van der Waals surface area contributed by atoms with Gasteiger partial charge in [-0.2, -0.15) is 5.10 Å². The summed E-state index contributed by atoms with van der Waals surface area (Å²) in [4.78, 5) is 25.6. The summed E-state index contributed by atoms with van der Waals surface area (Å²) in [6.45, 7) is 3.29. The third-order valence-electron chi connectivity index (χ3n) is 4.10. The molecule has 1 unspecified atom stereocenters. The van der Waals surface area contributed by atoms with Crippen molar-refractivity contribution in [1.82, 2.24) is 14.7 Å². The van der Waals surface area contributed by atoms with Gasteiger partial charge in [0.1, 0.15) is 5.76 Å². The Labute approximate surface area is 134 Å². The van der Waals surface area contributed by atoms with E-state index in [2.05, 4.69) is 5.10 Å². The van der Waals surface area contributed by atoms with Gasteiger partial charge in [0.2, 0.25) is 5.91 Å². The number of aryl methyl sites for hydroxylation is 1. The van der Waals surface area contributed by atoms with Crippen LogP contribution in [0.15, 0.2) is 29.1 Å². The number of nitrogens with two attached hydrogens (primary N) is 1. The maximum atomic E-state index is 12.7. The highest BCUT2D eigenvalue weighted by molar-refractivity contribution is 5.96. The molecule has 3 rings (SSSR count). The first-order valence-electron chi connectivity index (χ1n) is 7.69. The first-order valence-corrected chi connectivity index (χ1v) is 7.69. The second-order valence-corrected chi connectivity index (χ2v) is 5.95. The van der Waals surface area contributed by atoms with Gasteiger partial charge in [-0.1, -0.05) is 0 Å². The number of likely N-dealkylation sites (tertiary alicyclic amines) is 1. The molecule has 0 aliphatic carbocycles. The standard InChI is InChI=1S/C16H20N4O3/c1-11-8-18-20(9-11)12-3-2-5-19(10-12)16(22)13-4-6-23-14(13)7-15(17)21/h4,6,8-9,12H,2-3,5,7,10H2,1H3,(H2,17,21). The van der Waals surface area contributed by atoms with Crippen molar-refractivity contribution in [2.24, 2.45) is 5.73 Å². The van der Waals surface area contributed by atoms with Gasteiger partial charge < -0.3 is 15.1 Å². The zero-order valence-corrected chi connectivity index (χ0v) is 13.1. The van der Waals surface area contributed by atoms with E-state index < -0.39 is 5.91 Å². The van der Waals surface area contributed by atoms with Crippen LogP contribution in [0.25, 0.3) is 0 Å². The third-order valence-corrected chi connectivity index (χ3v) is 4.10. The van der Waals surface area contributed by atoms with E-state index in [0.29, 0.717) is 24.4 Å². The molecule has 2 N–H and O–H groups in total. The molecule has 1 fully saturated rings. The molecule has 3 heterocycles. The topological polar surface area (TPSA) is 94.4 Å². The molecular formula is C16H20N4O3. The molecule has 2 amide bonds. The zero-order chi connectivity index (χ0) is 16.4. The van der Waals surface area contributed by atoms with Gasteiger partial charge in [0.05, 0.1) is 30.5 Å². The summed E-state index contributed by atoms with van der Waals surface area (Å²) in [7, 11) is 0. The maximum absolute atomic E-state index is 12.7. The Morgan fingerprint density at radius 2 is 2.30 bits per heavy atom. The number of furan rings is 1. The summed E-state index contributed by atoms with van der Waals surface area (Å²) in [5.41, 5.74) is 6.72. The predicted molar refractivity (Wildman–Crippen MR) is 82.7 cm³/mol. The van der Waals surface area contributed by atoms with Crippen LogP contribution in [-0.4, -0.2) is 39.6 Å². The molecule has 23 heavy (non-hydrogen) atoms. The normalized spacial score (nSPS) is 18.1. The van der Waals surface area contributed by atoms with Crippen LogP contribution in [0.1, 0.15) is 40.6 Å². The third kappa shape index (κ3) is 3.28. The fourth-order valence-corrected chi connectivity index (χ4v) is 2.98. The van der Waals surface area contributed by atoms with Gasteiger partial charge in [-0.25, -0.2) is 0 Å². The SMILES string of the molecule is Cc1cnn(C2CCCN(C(=O)c3ccoc3CC(N)=O)C2)c1. The number of nitrogens with zero attached hydrogens (tertiary/aromatic N) is 3. The highest BCUT2D eigenvalue weighted by Gasteiger charge is 2.28. The summed E-state index contributed by atoms with van der Waals surface area (Å²) in [6, 6.07) is 1.77. The average Bonchev–Trinajstić information content (AvgIpc) is 3.15. The van der Waals surface area contributed by atoms with E-state index in [-0.39, 0.29) is 18.4 Å². The highest BCUT2D eigenvalue weighted by atomic mass is 16.3. The molecule has 1 aliphatic rings. The van der Waals surface area contributed by atoms with Crippen LogP contribution in [0.2, 0.25) is 0 Å². The molecule has 0 aromatic carbocycles. The Morgan fingerprint density at radius 3 is 3.00 bits per heavy atom. The highest BCUT2D eigenvalue weighted by Crippen LogP contribution is 2.24. The summed E-state index contributed by atoms with van der Waals surface area (Å²) in [6.07, 6.45) is 7.08. The second-order valence-electron chi connectivity index (χ2n) is 5.95. The molecule has 7 nitrogen and oxygen atoms in total. The molecule has 2 aromatic rings. The number of rotatable bonds is 4. The average molecular weight is 316 g/mol. The number of aromatic nitrogens is 2. The van der Waals surface area contributed by atoms with Crippen molar-refractivity contribution in [2.45, 2.75) is 32.2 Å². The Balaban J connectivity index is 1.75. The monoisotopic (exact) mass is 316 g/mol. The fraction of sp³-hybridized carbons (Fsp3) is 0.438. The minimum absolute atomic E-state index is 0.0658. The Hall–Kier alpha value is -2.57. The zero-order valence-electron chi connectivity index (χ0n) is 13.1. The van der Waals surface area contributed by atoms with E-state index in [1.54, 1.807) is 11.0 Å². The van der Waals surface area contributed by atoms with E-state index >= 15 is 0 Å². The van der Waals surface area contributed by atoms with Crippen LogP contribution in [0.4, 0.5) is 0 Å². The maximum Gasteiger partial charge on any atom is 0.257 e. The number of piperidine rings is 1. The number of hydrogen-bond donors (Lipinski definition) is 1. The quantitative estimate of drug-likeness (QED) is 0.919. The minimum atomic E-state index is -0.516. The van der Waals surface area contributed by atoms with E-state index in [9.17, 15) is 9.59 Å². The van der Waals surface area contributed by atoms with Gasteiger partial charge in [0.15, 0.2) is 0 Å². The van der Waals surface area contributed by atoms with Crippen molar-refractivity contribution in [1.29, 1.82) is 0 Å². The number of carbonyl (C=O) groups is 2. The lowest BCUT2D eigenvalue weighted by Crippen LogP contribution is -2.41. The number of amides is 2. The minimum Gasteiger partial charge on any atom is -0.468 e. The predicted octanol–water partition coefficient (Wildman–Crippen LogP) is 1.29. The molecule has 1 atom stereocenters. The summed E-state index contributed by atoms with van der Waals surface area (Å²) in [5.74, 6) is -0.305. The van der Waals surface area contributed by atoms with Gasteiger partial charge >= 0.3 is 0 Å². The first-order chi connectivity index (χ1) is 11.0. The van der Waals surface area contributed by atoms with Gasteiger partial charge in [-0.05, 0) is 31.4 Å². The molecule has 7 heteroatoms.